The van der Waals surface area contributed by atoms with E-state index < -0.39 is 11.8 Å². The molecular weight excluding hydrogens is 361 g/mol. The van der Waals surface area contributed by atoms with Gasteiger partial charge in [-0.25, -0.2) is 9.18 Å². The summed E-state index contributed by atoms with van der Waals surface area (Å²) < 4.78 is 24.8. The highest BCUT2D eigenvalue weighted by molar-refractivity contribution is 6.31. The van der Waals surface area contributed by atoms with Gasteiger partial charge in [-0.1, -0.05) is 11.6 Å². The molecule has 0 spiro atoms. The number of carboxylic acid groups (broad SMARTS) is 1. The number of halogens is 2. The average Bonchev–Trinajstić information content (AvgIpc) is 3.01. The minimum Gasteiger partial charge on any atom is -0.496 e. The summed E-state index contributed by atoms with van der Waals surface area (Å²) in [5, 5.41) is 10.1. The van der Waals surface area contributed by atoms with Crippen molar-refractivity contribution in [2.75, 3.05) is 7.11 Å². The number of aromatic amines is 1. The molecule has 132 valence electrons. The van der Waals surface area contributed by atoms with E-state index in [0.29, 0.717) is 44.5 Å². The van der Waals surface area contributed by atoms with E-state index in [4.69, 9.17) is 21.1 Å². The van der Waals surface area contributed by atoms with Gasteiger partial charge in [0.05, 0.1) is 12.8 Å². The molecule has 0 saturated heterocycles. The topological polar surface area (TPSA) is 71.5 Å². The molecule has 0 atom stereocenters. The molecule has 0 radical (unpaired) electrons. The number of rotatable bonds is 3. The van der Waals surface area contributed by atoms with E-state index in [0.717, 1.165) is 0 Å². The zero-order chi connectivity index (χ0) is 18.4. The van der Waals surface area contributed by atoms with E-state index in [1.807, 2.05) is 0 Å². The molecule has 0 unspecified atom stereocenters. The second kappa shape index (κ2) is 6.07. The lowest BCUT2D eigenvalue weighted by molar-refractivity contribution is 0.0692. The third-order valence-electron chi connectivity index (χ3n) is 4.33. The summed E-state index contributed by atoms with van der Waals surface area (Å²) in [4.78, 5) is 14.8. The Balaban J connectivity index is 2.04. The fraction of sp³-hybridized carbons (Fsp3) is 0.105. The van der Waals surface area contributed by atoms with Crippen LogP contribution in [0.4, 0.5) is 4.39 Å². The number of benzene rings is 2. The molecule has 0 saturated carbocycles. The first kappa shape index (κ1) is 16.5. The molecule has 2 heterocycles. The SMILES string of the molecule is COc1ccc(Cl)cc1-c1c(C(=O)O)[nH]c2c1COc1ccc(F)cc1-2. The lowest BCUT2D eigenvalue weighted by Crippen LogP contribution is -2.06. The number of fused-ring (bicyclic) bond motifs is 3. The van der Waals surface area contributed by atoms with E-state index in [1.54, 1.807) is 18.2 Å². The Morgan fingerprint density at radius 3 is 2.81 bits per heavy atom. The largest absolute Gasteiger partial charge is 0.496 e. The Morgan fingerprint density at radius 1 is 1.27 bits per heavy atom. The van der Waals surface area contributed by atoms with E-state index in [-0.39, 0.29) is 12.3 Å². The maximum absolute atomic E-state index is 13.7. The fourth-order valence-corrected chi connectivity index (χ4v) is 3.39. The highest BCUT2D eigenvalue weighted by atomic mass is 35.5. The molecule has 0 bridgehead atoms. The van der Waals surface area contributed by atoms with Crippen molar-refractivity contribution in [2.45, 2.75) is 6.61 Å². The molecule has 7 heteroatoms. The van der Waals surface area contributed by atoms with Crippen LogP contribution in [0.1, 0.15) is 16.1 Å². The monoisotopic (exact) mass is 373 g/mol. The molecule has 0 fully saturated rings. The molecular formula is C19H13ClFNO4. The van der Waals surface area contributed by atoms with Crippen molar-refractivity contribution in [1.82, 2.24) is 4.98 Å². The third-order valence-corrected chi connectivity index (χ3v) is 4.57. The lowest BCUT2D eigenvalue weighted by Gasteiger charge is -2.19. The molecule has 1 aliphatic heterocycles. The smallest absolute Gasteiger partial charge is 0.352 e. The van der Waals surface area contributed by atoms with Crippen LogP contribution >= 0.6 is 11.6 Å². The number of carbonyl (C=O) groups is 1. The van der Waals surface area contributed by atoms with Gasteiger partial charge in [-0.15, -0.1) is 0 Å². The maximum Gasteiger partial charge on any atom is 0.352 e. The van der Waals surface area contributed by atoms with E-state index in [2.05, 4.69) is 4.98 Å². The van der Waals surface area contributed by atoms with Crippen LogP contribution < -0.4 is 9.47 Å². The molecule has 0 amide bonds. The Kier molecular flexibility index (Phi) is 3.85. The van der Waals surface area contributed by atoms with Crippen molar-refractivity contribution in [2.24, 2.45) is 0 Å². The van der Waals surface area contributed by atoms with Gasteiger partial charge in [-0.2, -0.15) is 0 Å². The van der Waals surface area contributed by atoms with Gasteiger partial charge in [0.25, 0.3) is 0 Å². The Morgan fingerprint density at radius 2 is 2.08 bits per heavy atom. The van der Waals surface area contributed by atoms with Gasteiger partial charge in [0, 0.05) is 27.3 Å². The Bertz CT molecular complexity index is 1040. The van der Waals surface area contributed by atoms with Crippen LogP contribution in [0, 0.1) is 5.82 Å². The van der Waals surface area contributed by atoms with Crippen LogP contribution in [-0.2, 0) is 6.61 Å². The lowest BCUT2D eigenvalue weighted by atomic mass is 9.96. The molecule has 5 nitrogen and oxygen atoms in total. The highest BCUT2D eigenvalue weighted by Gasteiger charge is 2.30. The first-order chi connectivity index (χ1) is 12.5. The van der Waals surface area contributed by atoms with Gasteiger partial charge >= 0.3 is 5.97 Å². The second-order valence-electron chi connectivity index (χ2n) is 5.81. The van der Waals surface area contributed by atoms with Crippen molar-refractivity contribution in [3.05, 3.63) is 58.5 Å². The molecule has 0 aliphatic carbocycles. The van der Waals surface area contributed by atoms with Gasteiger partial charge in [-0.3, -0.25) is 0 Å². The van der Waals surface area contributed by atoms with Gasteiger partial charge in [0.1, 0.15) is 29.6 Å². The van der Waals surface area contributed by atoms with Crippen molar-refractivity contribution in [3.63, 3.8) is 0 Å². The van der Waals surface area contributed by atoms with Crippen LogP contribution in [0.5, 0.6) is 11.5 Å². The van der Waals surface area contributed by atoms with Crippen molar-refractivity contribution < 1.29 is 23.8 Å². The van der Waals surface area contributed by atoms with Gasteiger partial charge in [-0.05, 0) is 36.4 Å². The first-order valence-corrected chi connectivity index (χ1v) is 8.12. The van der Waals surface area contributed by atoms with Crippen LogP contribution in [0.3, 0.4) is 0 Å². The standard InChI is InChI=1S/C19H13ClFNO4/c1-25-14-4-2-9(20)6-11(14)16-13-8-26-15-5-3-10(21)7-12(15)17(13)22-18(16)19(23)24/h2-7,22H,8H2,1H3,(H,23,24). The predicted octanol–water partition coefficient (Wildman–Crippen LogP) is 4.74. The zero-order valence-corrected chi connectivity index (χ0v) is 14.4. The highest BCUT2D eigenvalue weighted by Crippen LogP contribution is 2.45. The number of hydrogen-bond acceptors (Lipinski definition) is 3. The van der Waals surface area contributed by atoms with E-state index >= 15 is 0 Å². The first-order valence-electron chi connectivity index (χ1n) is 7.74. The second-order valence-corrected chi connectivity index (χ2v) is 6.24. The van der Waals surface area contributed by atoms with Gasteiger partial charge < -0.3 is 19.6 Å². The Hall–Kier alpha value is -2.99. The summed E-state index contributed by atoms with van der Waals surface area (Å²) in [6.45, 7) is 0.142. The molecule has 1 aromatic heterocycles. The van der Waals surface area contributed by atoms with E-state index in [9.17, 15) is 14.3 Å². The average molecular weight is 374 g/mol. The summed E-state index contributed by atoms with van der Waals surface area (Å²) in [7, 11) is 1.49. The molecule has 2 aromatic carbocycles. The summed E-state index contributed by atoms with van der Waals surface area (Å²) in [5.41, 5.74) is 2.51. The third kappa shape index (κ3) is 2.50. The molecule has 4 rings (SSSR count). The minimum atomic E-state index is -1.14. The number of nitrogens with one attached hydrogen (secondary N) is 1. The van der Waals surface area contributed by atoms with Crippen LogP contribution in [0.15, 0.2) is 36.4 Å². The molecule has 2 N–H and O–H groups in total. The van der Waals surface area contributed by atoms with Crippen molar-refractivity contribution in [1.29, 1.82) is 0 Å². The molecule has 1 aliphatic rings. The predicted molar refractivity (Wildman–Crippen MR) is 94.5 cm³/mol. The van der Waals surface area contributed by atoms with Crippen molar-refractivity contribution >= 4 is 17.6 Å². The minimum absolute atomic E-state index is 0.0312. The Labute approximate surface area is 152 Å². The summed E-state index contributed by atoms with van der Waals surface area (Å²) >= 11 is 6.11. The number of carboxylic acids is 1. The van der Waals surface area contributed by atoms with Gasteiger partial charge in [0.2, 0.25) is 0 Å². The summed E-state index contributed by atoms with van der Waals surface area (Å²) in [6.07, 6.45) is 0. The zero-order valence-electron chi connectivity index (χ0n) is 13.6. The van der Waals surface area contributed by atoms with E-state index in [1.165, 1.54) is 25.3 Å². The number of methoxy groups -OCH3 is 1. The number of ether oxygens (including phenoxy) is 2. The van der Waals surface area contributed by atoms with Gasteiger partial charge in [0.15, 0.2) is 0 Å². The normalized spacial score (nSPS) is 12.1. The van der Waals surface area contributed by atoms with Crippen molar-refractivity contribution in [3.8, 4) is 33.9 Å². The van der Waals surface area contributed by atoms with Crippen LogP contribution in [0.25, 0.3) is 22.4 Å². The fourth-order valence-electron chi connectivity index (χ4n) is 3.22. The number of aromatic carboxylic acids is 1. The maximum atomic E-state index is 13.7. The number of aromatic nitrogens is 1. The number of hydrogen-bond donors (Lipinski definition) is 2. The number of H-pyrrole nitrogens is 1. The molecule has 26 heavy (non-hydrogen) atoms. The quantitative estimate of drug-likeness (QED) is 0.695. The summed E-state index contributed by atoms with van der Waals surface area (Å²) in [6, 6.07) is 9.09. The summed E-state index contributed by atoms with van der Waals surface area (Å²) in [5.74, 6) is -0.617. The van der Waals surface area contributed by atoms with Crippen LogP contribution in [0.2, 0.25) is 5.02 Å². The molecule has 3 aromatic rings. The van der Waals surface area contributed by atoms with Crippen LogP contribution in [-0.4, -0.2) is 23.2 Å².